The van der Waals surface area contributed by atoms with Gasteiger partial charge in [-0.1, -0.05) is 0 Å². The van der Waals surface area contributed by atoms with Gasteiger partial charge in [0.1, 0.15) is 17.7 Å². The molecule has 2 N–H and O–H groups in total. The van der Waals surface area contributed by atoms with Crippen LogP contribution < -0.4 is 19.2 Å². The Balaban J connectivity index is 1.38. The van der Waals surface area contributed by atoms with Gasteiger partial charge in [0.2, 0.25) is 5.91 Å². The van der Waals surface area contributed by atoms with Crippen LogP contribution in [0.3, 0.4) is 0 Å². The fraction of sp³-hybridized carbons (Fsp3) is 0.200. The molecule has 0 aliphatic carbocycles. The molecule has 5 rings (SSSR count). The van der Waals surface area contributed by atoms with Gasteiger partial charge in [0.05, 0.1) is 27.6 Å². The van der Waals surface area contributed by atoms with Gasteiger partial charge in [-0.15, -0.1) is 11.3 Å². The molecular formula is C25H22F2N6O4S2. The molecule has 14 heteroatoms. The summed E-state index contributed by atoms with van der Waals surface area (Å²) in [6.45, 7) is 0.108. The highest BCUT2D eigenvalue weighted by Gasteiger charge is 2.33. The van der Waals surface area contributed by atoms with Crippen molar-refractivity contribution < 1.29 is 26.8 Å². The molecule has 10 nitrogen and oxygen atoms in total. The summed E-state index contributed by atoms with van der Waals surface area (Å²) in [5, 5.41) is 2.37. The SMILES string of the molecule is CN(C(=O)[C@H](Cc1cc(F)cc(F)c1)NC(=O)NS(=O)(=O)N1CCc2ccncc21)c1ccc2scnc2c1. The fourth-order valence-corrected chi connectivity index (χ4v) is 6.20. The van der Waals surface area contributed by atoms with Crippen molar-refractivity contribution in [1.82, 2.24) is 20.0 Å². The fourth-order valence-electron chi connectivity index (χ4n) is 4.38. The van der Waals surface area contributed by atoms with Gasteiger partial charge in [-0.25, -0.2) is 23.3 Å². The number of hydrogen-bond acceptors (Lipinski definition) is 7. The Morgan fingerprint density at radius 3 is 2.69 bits per heavy atom. The second kappa shape index (κ2) is 10.5. The van der Waals surface area contributed by atoms with Gasteiger partial charge in [-0.05, 0) is 53.9 Å². The Morgan fingerprint density at radius 1 is 1.15 bits per heavy atom. The molecule has 0 fully saturated rings. The molecule has 3 amide bonds. The minimum atomic E-state index is -4.34. The van der Waals surface area contributed by atoms with Crippen molar-refractivity contribution in [3.63, 3.8) is 0 Å². The van der Waals surface area contributed by atoms with Crippen molar-refractivity contribution in [2.24, 2.45) is 0 Å². The van der Waals surface area contributed by atoms with E-state index in [0.717, 1.165) is 26.7 Å². The van der Waals surface area contributed by atoms with Crippen molar-refractivity contribution in [2.45, 2.75) is 18.9 Å². The van der Waals surface area contributed by atoms with Crippen LogP contribution >= 0.6 is 11.3 Å². The number of anilines is 2. The van der Waals surface area contributed by atoms with E-state index in [9.17, 15) is 26.8 Å². The number of nitrogens with zero attached hydrogens (tertiary/aromatic N) is 4. The third-order valence-electron chi connectivity index (χ3n) is 6.25. The number of fused-ring (bicyclic) bond motifs is 2. The Kier molecular flexibility index (Phi) is 7.14. The average Bonchev–Trinajstić information content (AvgIpc) is 3.53. The molecule has 0 unspecified atom stereocenters. The molecule has 202 valence electrons. The van der Waals surface area contributed by atoms with E-state index in [1.54, 1.807) is 36.0 Å². The average molecular weight is 573 g/mol. The smallest absolute Gasteiger partial charge is 0.325 e. The van der Waals surface area contributed by atoms with Crippen LogP contribution in [-0.2, 0) is 27.8 Å². The Bertz CT molecular complexity index is 1660. The van der Waals surface area contributed by atoms with Crippen LogP contribution in [0.25, 0.3) is 10.2 Å². The van der Waals surface area contributed by atoms with Crippen LogP contribution in [0, 0.1) is 11.6 Å². The van der Waals surface area contributed by atoms with Crippen LogP contribution in [0.15, 0.2) is 60.4 Å². The lowest BCUT2D eigenvalue weighted by Crippen LogP contribution is -2.54. The van der Waals surface area contributed by atoms with Gasteiger partial charge in [-0.3, -0.25) is 14.1 Å². The summed E-state index contributed by atoms with van der Waals surface area (Å²) in [6.07, 6.45) is 3.07. The molecule has 0 radical (unpaired) electrons. The molecule has 1 aliphatic rings. The highest BCUT2D eigenvalue weighted by atomic mass is 32.2. The summed E-state index contributed by atoms with van der Waals surface area (Å²) in [5.74, 6) is -2.35. The quantitative estimate of drug-likeness (QED) is 0.351. The molecule has 4 aromatic rings. The van der Waals surface area contributed by atoms with Crippen LogP contribution in [0.1, 0.15) is 11.1 Å². The minimum absolute atomic E-state index is 0.0944. The second-order valence-electron chi connectivity index (χ2n) is 8.84. The maximum atomic E-state index is 13.9. The normalized spacial score (nSPS) is 13.7. The summed E-state index contributed by atoms with van der Waals surface area (Å²) < 4.78 is 57.6. The molecule has 0 saturated carbocycles. The molecule has 3 heterocycles. The first kappa shape index (κ1) is 26.4. The second-order valence-corrected chi connectivity index (χ2v) is 11.3. The van der Waals surface area contributed by atoms with Gasteiger partial charge >= 0.3 is 16.2 Å². The number of aromatic nitrogens is 2. The van der Waals surface area contributed by atoms with Gasteiger partial charge in [0.15, 0.2) is 0 Å². The summed E-state index contributed by atoms with van der Waals surface area (Å²) in [7, 11) is -2.87. The van der Waals surface area contributed by atoms with Gasteiger partial charge in [-0.2, -0.15) is 8.42 Å². The summed E-state index contributed by atoms with van der Waals surface area (Å²) in [5.41, 5.74) is 3.99. The largest absolute Gasteiger partial charge is 0.330 e. The molecule has 2 aromatic carbocycles. The number of thiazole rings is 1. The summed E-state index contributed by atoms with van der Waals surface area (Å²) in [6, 6.07) is 7.08. The molecule has 39 heavy (non-hydrogen) atoms. The van der Waals surface area contributed by atoms with Crippen molar-refractivity contribution >= 4 is 55.1 Å². The van der Waals surface area contributed by atoms with Crippen molar-refractivity contribution in [1.29, 1.82) is 0 Å². The standard InChI is InChI=1S/C25H22F2N6O4S2/c1-32(19-2-3-23-20(12-19)29-14-38-23)24(34)21(10-15-8-17(26)11-18(27)9-15)30-25(35)31-39(36,37)33-7-5-16-4-6-28-13-22(16)33/h2-4,6,8-9,11-14,21H,5,7,10H2,1H3,(H2,30,31,35)/t21-/m0/s1. The molecule has 1 atom stereocenters. The van der Waals surface area contributed by atoms with E-state index >= 15 is 0 Å². The lowest BCUT2D eigenvalue weighted by atomic mass is 10.0. The highest BCUT2D eigenvalue weighted by Crippen LogP contribution is 2.28. The minimum Gasteiger partial charge on any atom is -0.325 e. The Labute approximate surface area is 226 Å². The van der Waals surface area contributed by atoms with E-state index in [4.69, 9.17) is 0 Å². The summed E-state index contributed by atoms with van der Waals surface area (Å²) in [4.78, 5) is 35.9. The molecule has 0 bridgehead atoms. The third-order valence-corrected chi connectivity index (χ3v) is 8.46. The van der Waals surface area contributed by atoms with Crippen molar-refractivity contribution in [2.75, 3.05) is 22.8 Å². The van der Waals surface area contributed by atoms with Gasteiger partial charge in [0, 0.05) is 38.0 Å². The predicted molar refractivity (Wildman–Crippen MR) is 143 cm³/mol. The zero-order valence-corrected chi connectivity index (χ0v) is 22.1. The van der Waals surface area contributed by atoms with E-state index in [1.165, 1.54) is 29.5 Å². The number of carbonyl (C=O) groups excluding carboxylic acids is 2. The van der Waals surface area contributed by atoms with Crippen molar-refractivity contribution in [3.8, 4) is 0 Å². The number of halogens is 2. The van der Waals surface area contributed by atoms with E-state index < -0.39 is 39.8 Å². The number of amides is 3. The number of pyridine rings is 1. The number of carbonyl (C=O) groups is 2. The van der Waals surface area contributed by atoms with E-state index in [0.29, 0.717) is 29.4 Å². The van der Waals surface area contributed by atoms with Gasteiger partial charge < -0.3 is 10.2 Å². The molecular weight excluding hydrogens is 550 g/mol. The van der Waals surface area contributed by atoms with Crippen LogP contribution in [0.5, 0.6) is 0 Å². The molecule has 0 spiro atoms. The van der Waals surface area contributed by atoms with E-state index in [1.807, 2.05) is 4.72 Å². The topological polar surface area (TPSA) is 125 Å². The van der Waals surface area contributed by atoms with E-state index in [2.05, 4.69) is 15.3 Å². The lowest BCUT2D eigenvalue weighted by Gasteiger charge is -2.26. The first-order valence-corrected chi connectivity index (χ1v) is 14.0. The highest BCUT2D eigenvalue weighted by molar-refractivity contribution is 7.91. The first-order valence-electron chi connectivity index (χ1n) is 11.7. The monoisotopic (exact) mass is 572 g/mol. The third kappa shape index (κ3) is 5.66. The molecule has 0 saturated heterocycles. The molecule has 2 aromatic heterocycles. The number of rotatable bonds is 7. The zero-order valence-electron chi connectivity index (χ0n) is 20.5. The number of hydrogen-bond donors (Lipinski definition) is 2. The zero-order chi connectivity index (χ0) is 27.7. The Morgan fingerprint density at radius 2 is 1.92 bits per heavy atom. The predicted octanol–water partition coefficient (Wildman–Crippen LogP) is 3.15. The van der Waals surface area contributed by atoms with Crippen LogP contribution in [0.4, 0.5) is 25.0 Å². The maximum absolute atomic E-state index is 13.9. The maximum Gasteiger partial charge on any atom is 0.330 e. The van der Waals surface area contributed by atoms with Crippen LogP contribution in [0.2, 0.25) is 0 Å². The van der Waals surface area contributed by atoms with Crippen molar-refractivity contribution in [3.05, 3.63) is 83.1 Å². The summed E-state index contributed by atoms with van der Waals surface area (Å²) >= 11 is 1.43. The number of urea groups is 1. The van der Waals surface area contributed by atoms with E-state index in [-0.39, 0.29) is 18.5 Å². The number of benzene rings is 2. The Hall–Kier alpha value is -4.17. The first-order chi connectivity index (χ1) is 18.6. The van der Waals surface area contributed by atoms with Crippen LogP contribution in [-0.4, -0.2) is 50.0 Å². The number of likely N-dealkylation sites (N-methyl/N-ethyl adjacent to an activating group) is 1. The lowest BCUT2D eigenvalue weighted by molar-refractivity contribution is -0.120. The number of nitrogens with one attached hydrogen (secondary N) is 2. The molecule has 1 aliphatic heterocycles. The van der Waals surface area contributed by atoms with Gasteiger partial charge in [0.25, 0.3) is 0 Å².